The first-order valence-electron chi connectivity index (χ1n) is 12.7. The molecule has 0 saturated heterocycles. The van der Waals surface area contributed by atoms with Gasteiger partial charge in [0.2, 0.25) is 0 Å². The molecule has 2 aromatic carbocycles. The third-order valence-electron chi connectivity index (χ3n) is 6.78. The molecule has 0 atom stereocenters. The maximum atomic E-state index is 13.1. The van der Waals surface area contributed by atoms with Crippen LogP contribution in [0.1, 0.15) is 56.9 Å². The summed E-state index contributed by atoms with van der Waals surface area (Å²) in [5.74, 6) is 0.196. The Morgan fingerprint density at radius 2 is 1.63 bits per heavy atom. The van der Waals surface area contributed by atoms with Gasteiger partial charge in [0.25, 0.3) is 5.91 Å². The van der Waals surface area contributed by atoms with Gasteiger partial charge in [-0.3, -0.25) is 14.4 Å². The topological polar surface area (TPSA) is 90.9 Å². The van der Waals surface area contributed by atoms with Gasteiger partial charge in [-0.05, 0) is 61.7 Å². The molecule has 0 bridgehead atoms. The molecule has 9 heteroatoms. The number of amides is 1. The first-order chi connectivity index (χ1) is 18.4. The molecule has 3 aliphatic rings. The highest BCUT2D eigenvalue weighted by Crippen LogP contribution is 2.50. The van der Waals surface area contributed by atoms with Gasteiger partial charge >= 0.3 is 0 Å². The van der Waals surface area contributed by atoms with Crippen LogP contribution < -0.4 is 14.8 Å². The molecule has 1 heterocycles. The number of carbonyl (C=O) groups is 3. The van der Waals surface area contributed by atoms with Crippen molar-refractivity contribution in [2.45, 2.75) is 51.4 Å². The van der Waals surface area contributed by atoms with Crippen molar-refractivity contribution in [3.8, 4) is 11.5 Å². The molecule has 0 aromatic heterocycles. The van der Waals surface area contributed by atoms with Crippen molar-refractivity contribution in [2.75, 3.05) is 18.5 Å². The van der Waals surface area contributed by atoms with Crippen LogP contribution in [0.4, 0.5) is 10.1 Å². The van der Waals surface area contributed by atoms with Crippen molar-refractivity contribution in [3.05, 3.63) is 75.5 Å². The number of hydrogen-bond acceptors (Lipinski definition) is 6. The van der Waals surface area contributed by atoms with Crippen molar-refractivity contribution in [1.29, 1.82) is 0 Å². The van der Waals surface area contributed by atoms with E-state index < -0.39 is 17.6 Å². The fraction of sp³-hybridized carbons (Fsp3) is 0.345. The molecule has 7 nitrogen and oxygen atoms in total. The van der Waals surface area contributed by atoms with Crippen LogP contribution >= 0.6 is 11.6 Å². The minimum atomic E-state index is -0.595. The van der Waals surface area contributed by atoms with E-state index in [1.165, 1.54) is 24.3 Å². The van der Waals surface area contributed by atoms with E-state index in [2.05, 4.69) is 5.32 Å². The summed E-state index contributed by atoms with van der Waals surface area (Å²) >= 11 is 6.66. The number of nitrogens with one attached hydrogen (secondary N) is 1. The first kappa shape index (κ1) is 26.0. The highest BCUT2D eigenvalue weighted by atomic mass is 35.5. The minimum absolute atomic E-state index is 0.0342. The Kier molecular flexibility index (Phi) is 7.51. The van der Waals surface area contributed by atoms with E-state index >= 15 is 0 Å². The zero-order chi connectivity index (χ0) is 26.8. The van der Waals surface area contributed by atoms with Crippen LogP contribution in [-0.4, -0.2) is 30.7 Å². The van der Waals surface area contributed by atoms with Gasteiger partial charge in [-0.15, -0.1) is 0 Å². The Morgan fingerprint density at radius 1 is 1.00 bits per heavy atom. The second kappa shape index (κ2) is 11.0. The van der Waals surface area contributed by atoms with Crippen LogP contribution in [0.5, 0.6) is 11.5 Å². The number of allylic oxidation sites excluding steroid dienone is 4. The molecule has 0 unspecified atom stereocenters. The largest absolute Gasteiger partial charge is 0.490 e. The fourth-order valence-corrected chi connectivity index (χ4v) is 5.45. The zero-order valence-electron chi connectivity index (χ0n) is 20.9. The molecule has 0 fully saturated rings. The third kappa shape index (κ3) is 5.18. The number of benzene rings is 2. The maximum absolute atomic E-state index is 13.1. The zero-order valence-corrected chi connectivity index (χ0v) is 21.7. The Bertz CT molecular complexity index is 1320. The predicted molar refractivity (Wildman–Crippen MR) is 139 cm³/mol. The monoisotopic (exact) mass is 539 g/mol. The van der Waals surface area contributed by atoms with Crippen molar-refractivity contribution in [2.24, 2.45) is 0 Å². The van der Waals surface area contributed by atoms with Crippen LogP contribution in [0, 0.1) is 5.82 Å². The van der Waals surface area contributed by atoms with Crippen molar-refractivity contribution in [1.82, 2.24) is 0 Å². The summed E-state index contributed by atoms with van der Waals surface area (Å²) in [6, 6.07) is 8.75. The van der Waals surface area contributed by atoms with Gasteiger partial charge in [0, 0.05) is 48.4 Å². The van der Waals surface area contributed by atoms with Gasteiger partial charge in [-0.25, -0.2) is 4.39 Å². The molecule has 0 spiro atoms. The summed E-state index contributed by atoms with van der Waals surface area (Å²) in [7, 11) is 0. The molecular formula is C29H27ClFNO6. The van der Waals surface area contributed by atoms with Gasteiger partial charge in [-0.2, -0.15) is 0 Å². The SMILES string of the molecule is CCOc1cc(C2C3=C(CCCC3=O)OC3=C2C(=O)CCC3)cc(Cl)c1OCC(=O)Nc1ccc(F)cc1. The third-order valence-corrected chi connectivity index (χ3v) is 7.06. The van der Waals surface area contributed by atoms with E-state index in [1.807, 2.05) is 0 Å². The lowest BCUT2D eigenvalue weighted by Crippen LogP contribution is -2.30. The van der Waals surface area contributed by atoms with E-state index in [0.29, 0.717) is 84.8 Å². The quantitative estimate of drug-likeness (QED) is 0.462. The molecule has 198 valence electrons. The normalized spacial score (nSPS) is 17.6. The van der Waals surface area contributed by atoms with E-state index in [-0.39, 0.29) is 28.9 Å². The fourth-order valence-electron chi connectivity index (χ4n) is 5.18. The number of hydrogen-bond donors (Lipinski definition) is 1. The number of ketones is 2. The molecule has 2 aromatic rings. The summed E-state index contributed by atoms with van der Waals surface area (Å²) < 4.78 is 30.8. The minimum Gasteiger partial charge on any atom is -0.490 e. The highest BCUT2D eigenvalue weighted by Gasteiger charge is 2.42. The molecular weight excluding hydrogens is 513 g/mol. The predicted octanol–water partition coefficient (Wildman–Crippen LogP) is 6.02. The summed E-state index contributed by atoms with van der Waals surface area (Å²) in [5, 5.41) is 2.81. The van der Waals surface area contributed by atoms with Crippen LogP contribution in [0.2, 0.25) is 5.02 Å². The molecule has 2 aliphatic carbocycles. The average Bonchev–Trinajstić information content (AvgIpc) is 2.89. The maximum Gasteiger partial charge on any atom is 0.262 e. The Morgan fingerprint density at radius 3 is 2.24 bits per heavy atom. The van der Waals surface area contributed by atoms with Gasteiger partial charge in [0.1, 0.15) is 17.3 Å². The molecule has 1 aliphatic heterocycles. The molecule has 38 heavy (non-hydrogen) atoms. The van der Waals surface area contributed by atoms with E-state index in [0.717, 1.165) is 0 Å². The van der Waals surface area contributed by atoms with E-state index in [9.17, 15) is 18.8 Å². The van der Waals surface area contributed by atoms with Gasteiger partial charge in [0.05, 0.1) is 11.6 Å². The van der Waals surface area contributed by atoms with Crippen molar-refractivity contribution in [3.63, 3.8) is 0 Å². The number of Topliss-reactive ketones (excluding diaryl/α,β-unsaturated/α-hetero) is 2. The molecule has 1 amide bonds. The summed E-state index contributed by atoms with van der Waals surface area (Å²) in [6.45, 7) is 1.73. The van der Waals surface area contributed by atoms with Crippen LogP contribution in [0.25, 0.3) is 0 Å². The van der Waals surface area contributed by atoms with Crippen LogP contribution in [0.15, 0.2) is 59.1 Å². The molecule has 1 N–H and O–H groups in total. The van der Waals surface area contributed by atoms with Gasteiger partial charge in [0.15, 0.2) is 29.7 Å². The summed E-state index contributed by atoms with van der Waals surface area (Å²) in [5.41, 5.74) is 2.08. The number of anilines is 1. The van der Waals surface area contributed by atoms with Crippen molar-refractivity contribution >= 4 is 34.8 Å². The lowest BCUT2D eigenvalue weighted by atomic mass is 9.73. The Labute approximate surface area is 224 Å². The number of halogens is 2. The van der Waals surface area contributed by atoms with E-state index in [4.69, 9.17) is 25.8 Å². The Balaban J connectivity index is 1.47. The summed E-state index contributed by atoms with van der Waals surface area (Å²) in [6.07, 6.45) is 3.48. The van der Waals surface area contributed by atoms with Crippen LogP contribution in [-0.2, 0) is 19.1 Å². The lowest BCUT2D eigenvalue weighted by Gasteiger charge is -2.36. The Hall–Kier alpha value is -3.65. The lowest BCUT2D eigenvalue weighted by molar-refractivity contribution is -0.119. The number of rotatable bonds is 7. The number of ether oxygens (including phenoxy) is 3. The highest BCUT2D eigenvalue weighted by molar-refractivity contribution is 6.32. The van der Waals surface area contributed by atoms with Gasteiger partial charge < -0.3 is 19.5 Å². The van der Waals surface area contributed by atoms with Crippen molar-refractivity contribution < 1.29 is 33.0 Å². The average molecular weight is 540 g/mol. The number of carbonyl (C=O) groups excluding carboxylic acids is 3. The second-order valence-corrected chi connectivity index (χ2v) is 9.78. The van der Waals surface area contributed by atoms with Gasteiger partial charge in [-0.1, -0.05) is 11.6 Å². The van der Waals surface area contributed by atoms with Crippen LogP contribution in [0.3, 0.4) is 0 Å². The molecule has 0 saturated carbocycles. The molecule has 5 rings (SSSR count). The standard InChI is InChI=1S/C29H27ClFNO6/c1-2-36-24-14-16(13-19(30)29(24)37-15-25(35)32-18-11-9-17(31)10-12-18)26-27-20(33)5-3-7-22(27)38-23-8-4-6-21(34)28(23)26/h9-14,26H,2-8,15H2,1H3,(H,32,35). The first-order valence-corrected chi connectivity index (χ1v) is 13.1. The van der Waals surface area contributed by atoms with E-state index in [1.54, 1.807) is 19.1 Å². The summed E-state index contributed by atoms with van der Waals surface area (Å²) in [4.78, 5) is 38.6. The smallest absolute Gasteiger partial charge is 0.262 e. The second-order valence-electron chi connectivity index (χ2n) is 9.37. The molecule has 0 radical (unpaired) electrons.